The highest BCUT2D eigenvalue weighted by Crippen LogP contribution is 2.23. The molecule has 3 heterocycles. The van der Waals surface area contributed by atoms with Crippen molar-refractivity contribution in [2.45, 2.75) is 45.4 Å². The number of aromatic nitrogens is 4. The molecule has 1 saturated heterocycles. The van der Waals surface area contributed by atoms with Crippen molar-refractivity contribution in [2.24, 2.45) is 0 Å². The summed E-state index contributed by atoms with van der Waals surface area (Å²) in [7, 11) is 2.07. The lowest BCUT2D eigenvalue weighted by Gasteiger charge is -2.32. The molecule has 0 aromatic carbocycles. The van der Waals surface area contributed by atoms with Gasteiger partial charge in [-0.15, -0.1) is 0 Å². The normalized spacial score (nSPS) is 23.3. The summed E-state index contributed by atoms with van der Waals surface area (Å²) in [5.74, 6) is 1.20. The molecule has 0 radical (unpaired) electrons. The molecule has 1 aliphatic rings. The van der Waals surface area contributed by atoms with Crippen LogP contribution in [0.25, 0.3) is 0 Å². The Bertz CT molecular complexity index is 611. The van der Waals surface area contributed by atoms with E-state index in [0.717, 1.165) is 18.8 Å². The highest BCUT2D eigenvalue weighted by Gasteiger charge is 2.28. The molecule has 1 aliphatic heterocycles. The molecule has 0 aliphatic carbocycles. The van der Waals surface area contributed by atoms with Crippen LogP contribution in [0.2, 0.25) is 0 Å². The van der Waals surface area contributed by atoms with E-state index < -0.39 is 0 Å². The quantitative estimate of drug-likeness (QED) is 0.858. The van der Waals surface area contributed by atoms with Gasteiger partial charge in [0.1, 0.15) is 6.10 Å². The molecule has 1 fully saturated rings. The maximum absolute atomic E-state index is 5.88. The van der Waals surface area contributed by atoms with Gasteiger partial charge in [-0.3, -0.25) is 4.68 Å². The van der Waals surface area contributed by atoms with Gasteiger partial charge in [-0.05, 0) is 33.9 Å². The fourth-order valence-electron chi connectivity index (χ4n) is 2.69. The smallest absolute Gasteiger partial charge is 0.257 e. The Hall–Kier alpha value is -1.73. The molecule has 0 amide bonds. The SMILES string of the molecule is CC(C)n1ccc(Cc2noc([C@H]3CN(C)C[C@@H](C)O3)n2)n1. The number of morpholine rings is 1. The van der Waals surface area contributed by atoms with Gasteiger partial charge in [0.2, 0.25) is 0 Å². The summed E-state index contributed by atoms with van der Waals surface area (Å²) in [6, 6.07) is 2.34. The Morgan fingerprint density at radius 1 is 1.36 bits per heavy atom. The van der Waals surface area contributed by atoms with Crippen LogP contribution in [0, 0.1) is 0 Å². The molecule has 3 rings (SSSR count). The van der Waals surface area contributed by atoms with Crippen molar-refractivity contribution >= 4 is 0 Å². The largest absolute Gasteiger partial charge is 0.363 e. The molecular formula is C15H23N5O2. The number of ether oxygens (including phenoxy) is 1. The molecule has 0 bridgehead atoms. The second-order valence-electron chi connectivity index (χ2n) is 6.26. The minimum atomic E-state index is -0.150. The van der Waals surface area contributed by atoms with Crippen molar-refractivity contribution in [1.82, 2.24) is 24.8 Å². The van der Waals surface area contributed by atoms with Gasteiger partial charge in [-0.1, -0.05) is 5.16 Å². The molecule has 0 spiro atoms. The maximum atomic E-state index is 5.88. The van der Waals surface area contributed by atoms with E-state index >= 15 is 0 Å². The van der Waals surface area contributed by atoms with E-state index in [1.54, 1.807) is 0 Å². The molecule has 7 heteroatoms. The number of nitrogens with zero attached hydrogens (tertiary/aromatic N) is 5. The van der Waals surface area contributed by atoms with E-state index in [1.165, 1.54) is 0 Å². The highest BCUT2D eigenvalue weighted by molar-refractivity contribution is 5.07. The van der Waals surface area contributed by atoms with Crippen LogP contribution >= 0.6 is 0 Å². The molecule has 2 aromatic rings. The zero-order chi connectivity index (χ0) is 15.7. The topological polar surface area (TPSA) is 69.2 Å². The second kappa shape index (κ2) is 6.18. The van der Waals surface area contributed by atoms with Gasteiger partial charge in [-0.25, -0.2) is 0 Å². The summed E-state index contributed by atoms with van der Waals surface area (Å²) in [6.07, 6.45) is 2.56. The van der Waals surface area contributed by atoms with Crippen molar-refractivity contribution in [3.63, 3.8) is 0 Å². The Labute approximate surface area is 130 Å². The van der Waals surface area contributed by atoms with Gasteiger partial charge in [0.05, 0.1) is 18.2 Å². The fraction of sp³-hybridized carbons (Fsp3) is 0.667. The van der Waals surface area contributed by atoms with Gasteiger partial charge < -0.3 is 14.2 Å². The summed E-state index contributed by atoms with van der Waals surface area (Å²) >= 11 is 0. The monoisotopic (exact) mass is 305 g/mol. The van der Waals surface area contributed by atoms with E-state index in [1.807, 2.05) is 16.9 Å². The lowest BCUT2D eigenvalue weighted by Crippen LogP contribution is -2.40. The van der Waals surface area contributed by atoms with Crippen molar-refractivity contribution in [3.8, 4) is 0 Å². The first-order valence-corrected chi connectivity index (χ1v) is 7.71. The minimum Gasteiger partial charge on any atom is -0.363 e. The molecular weight excluding hydrogens is 282 g/mol. The van der Waals surface area contributed by atoms with Crippen LogP contribution in [0.15, 0.2) is 16.8 Å². The Balaban J connectivity index is 1.68. The average Bonchev–Trinajstić information content (AvgIpc) is 3.07. The van der Waals surface area contributed by atoms with Crippen molar-refractivity contribution in [1.29, 1.82) is 0 Å². The number of likely N-dealkylation sites (N-methyl/N-ethyl adjacent to an activating group) is 1. The maximum Gasteiger partial charge on any atom is 0.257 e. The summed E-state index contributed by atoms with van der Waals surface area (Å²) in [6.45, 7) is 7.94. The van der Waals surface area contributed by atoms with Gasteiger partial charge in [0.25, 0.3) is 5.89 Å². The minimum absolute atomic E-state index is 0.150. The predicted octanol–water partition coefficient (Wildman–Crippen LogP) is 1.83. The van der Waals surface area contributed by atoms with Crippen LogP contribution in [0.1, 0.15) is 50.3 Å². The van der Waals surface area contributed by atoms with Crippen LogP contribution in [-0.2, 0) is 11.2 Å². The van der Waals surface area contributed by atoms with Crippen LogP contribution in [0.5, 0.6) is 0 Å². The number of hydrogen-bond acceptors (Lipinski definition) is 6. The first-order valence-electron chi connectivity index (χ1n) is 7.71. The predicted molar refractivity (Wildman–Crippen MR) is 80.5 cm³/mol. The van der Waals surface area contributed by atoms with Crippen LogP contribution in [0.3, 0.4) is 0 Å². The summed E-state index contributed by atoms with van der Waals surface area (Å²) < 4.78 is 13.2. The van der Waals surface area contributed by atoms with Crippen LogP contribution in [-0.4, -0.2) is 51.1 Å². The molecule has 22 heavy (non-hydrogen) atoms. The van der Waals surface area contributed by atoms with Gasteiger partial charge in [-0.2, -0.15) is 10.1 Å². The first-order chi connectivity index (χ1) is 10.5. The van der Waals surface area contributed by atoms with Crippen molar-refractivity contribution < 1.29 is 9.26 Å². The molecule has 0 N–H and O–H groups in total. The molecule has 2 atom stereocenters. The second-order valence-corrected chi connectivity index (χ2v) is 6.26. The summed E-state index contributed by atoms with van der Waals surface area (Å²) in [5, 5.41) is 8.56. The highest BCUT2D eigenvalue weighted by atomic mass is 16.5. The first kappa shape index (κ1) is 15.2. The fourth-order valence-corrected chi connectivity index (χ4v) is 2.69. The Morgan fingerprint density at radius 2 is 2.18 bits per heavy atom. The van der Waals surface area contributed by atoms with E-state index in [-0.39, 0.29) is 12.2 Å². The molecule has 120 valence electrons. The third-order valence-electron chi connectivity index (χ3n) is 3.73. The van der Waals surface area contributed by atoms with Crippen molar-refractivity contribution in [3.05, 3.63) is 29.7 Å². The number of rotatable bonds is 4. The standard InChI is InChI=1S/C15H23N5O2/c1-10(2)20-6-5-12(17-20)7-14-16-15(22-18-14)13-9-19(4)8-11(3)21-13/h5-6,10-11,13H,7-9H2,1-4H3/t11-,13-/m1/s1. The average molecular weight is 305 g/mol. The van der Waals surface area contributed by atoms with E-state index in [4.69, 9.17) is 9.26 Å². The number of hydrogen-bond donors (Lipinski definition) is 0. The van der Waals surface area contributed by atoms with Crippen LogP contribution < -0.4 is 0 Å². The molecule has 2 aromatic heterocycles. The lowest BCUT2D eigenvalue weighted by molar-refractivity contribution is -0.0838. The van der Waals surface area contributed by atoms with E-state index in [2.05, 4.69) is 48.0 Å². The zero-order valence-corrected chi connectivity index (χ0v) is 13.6. The summed E-state index contributed by atoms with van der Waals surface area (Å²) in [4.78, 5) is 6.69. The Morgan fingerprint density at radius 3 is 2.86 bits per heavy atom. The van der Waals surface area contributed by atoms with Crippen molar-refractivity contribution in [2.75, 3.05) is 20.1 Å². The van der Waals surface area contributed by atoms with Crippen LogP contribution in [0.4, 0.5) is 0 Å². The zero-order valence-electron chi connectivity index (χ0n) is 13.6. The Kier molecular flexibility index (Phi) is 4.26. The van der Waals surface area contributed by atoms with Gasteiger partial charge in [0, 0.05) is 25.3 Å². The van der Waals surface area contributed by atoms with Gasteiger partial charge in [0.15, 0.2) is 5.82 Å². The molecule has 7 nitrogen and oxygen atoms in total. The van der Waals surface area contributed by atoms with Gasteiger partial charge >= 0.3 is 0 Å². The van der Waals surface area contributed by atoms with E-state index in [0.29, 0.717) is 24.2 Å². The molecule has 0 unspecified atom stereocenters. The lowest BCUT2D eigenvalue weighted by atomic mass is 10.2. The summed E-state index contributed by atoms with van der Waals surface area (Å²) in [5.41, 5.74) is 0.941. The third kappa shape index (κ3) is 3.36. The molecule has 0 saturated carbocycles. The van der Waals surface area contributed by atoms with E-state index in [9.17, 15) is 0 Å². The third-order valence-corrected chi connectivity index (χ3v) is 3.73.